The first kappa shape index (κ1) is 20.4. The van der Waals surface area contributed by atoms with E-state index in [2.05, 4.69) is 0 Å². The van der Waals surface area contributed by atoms with Gasteiger partial charge in [-0.05, 0) is 23.8 Å². The largest absolute Gasteiger partial charge is 0.409 e. The molecule has 0 saturated heterocycles. The molecule has 1 heterocycles. The van der Waals surface area contributed by atoms with Gasteiger partial charge in [-0.3, -0.25) is 4.79 Å². The number of rotatable bonds is 4. The highest BCUT2D eigenvalue weighted by molar-refractivity contribution is 7.89. The Labute approximate surface area is 151 Å². The van der Waals surface area contributed by atoms with Crippen LogP contribution in [-0.4, -0.2) is 30.5 Å². The Morgan fingerprint density at radius 3 is 2.19 bits per heavy atom. The van der Waals surface area contributed by atoms with Crippen molar-refractivity contribution >= 4 is 21.6 Å². The number of alkyl halides is 3. The minimum atomic E-state index is -4.97. The van der Waals surface area contributed by atoms with E-state index in [4.69, 9.17) is 11.6 Å². The Hall–Kier alpha value is -1.91. The van der Waals surface area contributed by atoms with E-state index < -0.39 is 49.1 Å². The Balaban J connectivity index is 2.59. The molecule has 1 aromatic heterocycles. The van der Waals surface area contributed by atoms with Gasteiger partial charge in [0, 0.05) is 20.3 Å². The topological polar surface area (TPSA) is 59.4 Å². The van der Waals surface area contributed by atoms with E-state index in [1.165, 1.54) is 7.05 Å². The lowest BCUT2D eigenvalue weighted by atomic mass is 10.1. The Morgan fingerprint density at radius 1 is 1.19 bits per heavy atom. The monoisotopic (exact) mass is 412 g/mol. The minimum absolute atomic E-state index is 0.108. The molecule has 1 aromatic carbocycles. The molecule has 0 N–H and O–H groups in total. The second-order valence-corrected chi connectivity index (χ2v) is 7.86. The zero-order valence-corrected chi connectivity index (χ0v) is 15.0. The van der Waals surface area contributed by atoms with Gasteiger partial charge in [-0.25, -0.2) is 12.8 Å². The highest BCUT2D eigenvalue weighted by Gasteiger charge is 2.47. The molecule has 5 nitrogen and oxygen atoms in total. The van der Waals surface area contributed by atoms with Crippen molar-refractivity contribution in [1.29, 1.82) is 0 Å². The maximum absolute atomic E-state index is 13.5. The number of sulfonamides is 1. The van der Waals surface area contributed by atoms with Crippen LogP contribution in [0.15, 0.2) is 46.2 Å². The molecule has 2 aromatic rings. The summed E-state index contributed by atoms with van der Waals surface area (Å²) >= 11 is 5.65. The highest BCUT2D eigenvalue weighted by Crippen LogP contribution is 2.39. The average Bonchev–Trinajstić information content (AvgIpc) is 2.52. The summed E-state index contributed by atoms with van der Waals surface area (Å²) in [6.45, 7) is 0. The number of benzene rings is 1. The van der Waals surface area contributed by atoms with Crippen molar-refractivity contribution in [1.82, 2.24) is 8.87 Å². The summed E-state index contributed by atoms with van der Waals surface area (Å²) in [5, 5.41) is -0.452. The van der Waals surface area contributed by atoms with Crippen LogP contribution < -0.4 is 5.56 Å². The summed E-state index contributed by atoms with van der Waals surface area (Å²) < 4.78 is 79.9. The number of aryl methyl sites for hydroxylation is 1. The second kappa shape index (κ2) is 7.01. The van der Waals surface area contributed by atoms with Crippen molar-refractivity contribution in [2.24, 2.45) is 7.05 Å². The van der Waals surface area contributed by atoms with Crippen LogP contribution in [-0.2, 0) is 17.1 Å². The molecule has 0 aliphatic rings. The van der Waals surface area contributed by atoms with Gasteiger partial charge in [-0.2, -0.15) is 17.5 Å². The summed E-state index contributed by atoms with van der Waals surface area (Å²) in [5.41, 5.74) is -1.15. The first-order valence-corrected chi connectivity index (χ1v) is 8.84. The lowest BCUT2D eigenvalue weighted by Gasteiger charge is -2.29. The quantitative estimate of drug-likeness (QED) is 0.725. The molecule has 0 amide bonds. The van der Waals surface area contributed by atoms with Crippen molar-refractivity contribution in [3.63, 3.8) is 0 Å². The summed E-state index contributed by atoms with van der Waals surface area (Å²) in [4.78, 5) is 11.0. The van der Waals surface area contributed by atoms with Crippen LogP contribution in [0.3, 0.4) is 0 Å². The van der Waals surface area contributed by atoms with Gasteiger partial charge in [-0.1, -0.05) is 23.7 Å². The number of hydrogen-bond donors (Lipinski definition) is 0. The predicted molar refractivity (Wildman–Crippen MR) is 86.8 cm³/mol. The van der Waals surface area contributed by atoms with E-state index in [1.807, 2.05) is 0 Å². The standard InChI is InChI=1S/C15H13ClF4N2O3S/c1-21-8-11(7-12(16)14(21)23)26(24,25)22(2)13(15(18,19)20)9-3-5-10(17)6-4-9/h3-8,13H,1-2H3/t13-/m1/s1. The van der Waals surface area contributed by atoms with Crippen LogP contribution >= 0.6 is 11.6 Å². The van der Waals surface area contributed by atoms with Crippen LogP contribution in [0.2, 0.25) is 5.02 Å². The molecule has 142 valence electrons. The summed E-state index contributed by atoms with van der Waals surface area (Å²) in [7, 11) is -2.70. The fourth-order valence-electron chi connectivity index (χ4n) is 2.34. The van der Waals surface area contributed by atoms with E-state index in [-0.39, 0.29) is 4.31 Å². The fraction of sp³-hybridized carbons (Fsp3) is 0.267. The SMILES string of the molecule is CN([C@H](c1ccc(F)cc1)C(F)(F)F)S(=O)(=O)c1cc(Cl)c(=O)n(C)c1. The second-order valence-electron chi connectivity index (χ2n) is 5.46. The lowest BCUT2D eigenvalue weighted by Crippen LogP contribution is -2.40. The van der Waals surface area contributed by atoms with Crippen molar-refractivity contribution in [2.75, 3.05) is 7.05 Å². The molecule has 0 saturated carbocycles. The molecule has 26 heavy (non-hydrogen) atoms. The first-order valence-electron chi connectivity index (χ1n) is 7.02. The molecule has 0 aliphatic heterocycles. The Kier molecular flexibility index (Phi) is 5.50. The normalized spacial score (nSPS) is 13.8. The van der Waals surface area contributed by atoms with Gasteiger partial charge in [0.1, 0.15) is 21.8 Å². The molecule has 0 radical (unpaired) electrons. The molecule has 1 atom stereocenters. The Bertz CT molecular complexity index is 946. The van der Waals surface area contributed by atoms with Gasteiger partial charge in [0.05, 0.1) is 0 Å². The maximum atomic E-state index is 13.5. The zero-order chi connectivity index (χ0) is 19.9. The van der Waals surface area contributed by atoms with Gasteiger partial charge in [-0.15, -0.1) is 0 Å². The smallest absolute Gasteiger partial charge is 0.316 e. The van der Waals surface area contributed by atoms with E-state index in [0.717, 1.165) is 48.1 Å². The molecular weight excluding hydrogens is 400 g/mol. The summed E-state index contributed by atoms with van der Waals surface area (Å²) in [6.07, 6.45) is -4.09. The molecule has 0 unspecified atom stereocenters. The predicted octanol–water partition coefficient (Wildman–Crippen LogP) is 3.10. The number of nitrogens with zero attached hydrogens (tertiary/aromatic N) is 2. The number of halogens is 5. The van der Waals surface area contributed by atoms with Crippen molar-refractivity contribution < 1.29 is 26.0 Å². The third-order valence-corrected chi connectivity index (χ3v) is 5.71. The number of pyridine rings is 1. The molecule has 2 rings (SSSR count). The third kappa shape index (κ3) is 3.92. The van der Waals surface area contributed by atoms with Crippen LogP contribution in [0, 0.1) is 5.82 Å². The van der Waals surface area contributed by atoms with Gasteiger partial charge < -0.3 is 4.57 Å². The molecule has 11 heteroatoms. The average molecular weight is 413 g/mol. The Morgan fingerprint density at radius 2 is 1.73 bits per heavy atom. The minimum Gasteiger partial charge on any atom is -0.316 e. The molecule has 0 fully saturated rings. The first-order chi connectivity index (χ1) is 11.9. The summed E-state index contributed by atoms with van der Waals surface area (Å²) in [5.74, 6) is -0.759. The van der Waals surface area contributed by atoms with E-state index in [1.54, 1.807) is 0 Å². The highest BCUT2D eigenvalue weighted by atomic mass is 35.5. The van der Waals surface area contributed by atoms with Crippen LogP contribution in [0.5, 0.6) is 0 Å². The van der Waals surface area contributed by atoms with Gasteiger partial charge >= 0.3 is 6.18 Å². The fourth-order valence-corrected chi connectivity index (χ4v) is 4.06. The van der Waals surface area contributed by atoms with E-state index >= 15 is 0 Å². The molecular formula is C15H13ClF4N2O3S. The summed E-state index contributed by atoms with van der Waals surface area (Å²) in [6, 6.07) is 1.55. The zero-order valence-electron chi connectivity index (χ0n) is 13.5. The lowest BCUT2D eigenvalue weighted by molar-refractivity contribution is -0.171. The molecule has 0 aliphatic carbocycles. The van der Waals surface area contributed by atoms with Crippen LogP contribution in [0.1, 0.15) is 11.6 Å². The molecule has 0 spiro atoms. The van der Waals surface area contributed by atoms with Gasteiger partial charge in [0.2, 0.25) is 10.0 Å². The van der Waals surface area contributed by atoms with E-state index in [9.17, 15) is 30.8 Å². The van der Waals surface area contributed by atoms with Crippen molar-refractivity contribution in [2.45, 2.75) is 17.1 Å². The number of hydrogen-bond acceptors (Lipinski definition) is 3. The third-order valence-electron chi connectivity index (χ3n) is 3.65. The maximum Gasteiger partial charge on any atom is 0.409 e. The van der Waals surface area contributed by atoms with Crippen molar-refractivity contribution in [3.8, 4) is 0 Å². The number of aromatic nitrogens is 1. The van der Waals surface area contributed by atoms with E-state index in [0.29, 0.717) is 0 Å². The molecule has 0 bridgehead atoms. The van der Waals surface area contributed by atoms with Crippen LogP contribution in [0.4, 0.5) is 17.6 Å². The van der Waals surface area contributed by atoms with Gasteiger partial charge in [0.15, 0.2) is 0 Å². The van der Waals surface area contributed by atoms with Crippen LogP contribution in [0.25, 0.3) is 0 Å². The van der Waals surface area contributed by atoms with Crippen molar-refractivity contribution in [3.05, 3.63) is 63.3 Å². The van der Waals surface area contributed by atoms with Gasteiger partial charge in [0.25, 0.3) is 5.56 Å².